The van der Waals surface area contributed by atoms with E-state index >= 15 is 0 Å². The van der Waals surface area contributed by atoms with E-state index in [4.69, 9.17) is 0 Å². The maximum Gasteiger partial charge on any atom is 0.224 e. The highest BCUT2D eigenvalue weighted by atomic mass is 19.1. The Morgan fingerprint density at radius 1 is 0.862 bits per heavy atom. The maximum absolute atomic E-state index is 13.0. The summed E-state index contributed by atoms with van der Waals surface area (Å²) in [6, 6.07) is 19.2. The first-order valence-corrected chi connectivity index (χ1v) is 10.1. The number of hydrogen-bond acceptors (Lipinski definition) is 5. The largest absolute Gasteiger partial charge is 0.354 e. The summed E-state index contributed by atoms with van der Waals surface area (Å²) in [5.74, 6) is 1.39. The van der Waals surface area contributed by atoms with Crippen LogP contribution in [0.3, 0.4) is 0 Å². The molecule has 0 unspecified atom stereocenters. The van der Waals surface area contributed by atoms with Crippen LogP contribution in [-0.4, -0.2) is 47.6 Å². The summed E-state index contributed by atoms with van der Waals surface area (Å²) < 4.78 is 13.0. The molecule has 1 aromatic heterocycles. The molecule has 1 saturated heterocycles. The van der Waals surface area contributed by atoms with Gasteiger partial charge in [-0.05, 0) is 35.7 Å². The molecule has 1 aliphatic heterocycles. The van der Waals surface area contributed by atoms with Crippen molar-refractivity contribution in [3.05, 3.63) is 83.8 Å². The minimum Gasteiger partial charge on any atom is -0.354 e. The number of piperazine rings is 1. The van der Waals surface area contributed by atoms with Crippen molar-refractivity contribution in [2.75, 3.05) is 42.9 Å². The molecule has 1 aliphatic rings. The van der Waals surface area contributed by atoms with Gasteiger partial charge in [-0.1, -0.05) is 42.5 Å². The summed E-state index contributed by atoms with van der Waals surface area (Å²) in [5.41, 5.74) is 2.44. The zero-order valence-corrected chi connectivity index (χ0v) is 16.5. The van der Waals surface area contributed by atoms with Gasteiger partial charge >= 0.3 is 0 Å². The second kappa shape index (κ2) is 9.47. The maximum atomic E-state index is 13.0. The average molecular weight is 391 g/mol. The first kappa shape index (κ1) is 19.3. The topological polar surface area (TPSA) is 44.3 Å². The number of anilines is 2. The van der Waals surface area contributed by atoms with Gasteiger partial charge in [0.1, 0.15) is 11.6 Å². The fourth-order valence-corrected chi connectivity index (χ4v) is 3.56. The van der Waals surface area contributed by atoms with Crippen molar-refractivity contribution < 1.29 is 4.39 Å². The number of nitrogens with one attached hydrogen (secondary N) is 1. The summed E-state index contributed by atoms with van der Waals surface area (Å²) in [6.07, 6.45) is 2.60. The molecule has 29 heavy (non-hydrogen) atoms. The molecule has 0 amide bonds. The minimum absolute atomic E-state index is 0.207. The van der Waals surface area contributed by atoms with Crippen molar-refractivity contribution in [2.24, 2.45) is 0 Å². The molecule has 5 nitrogen and oxygen atoms in total. The fraction of sp³-hybridized carbons (Fsp3) is 0.304. The van der Waals surface area contributed by atoms with Gasteiger partial charge in [-0.2, -0.15) is 4.98 Å². The first-order valence-electron chi connectivity index (χ1n) is 10.1. The van der Waals surface area contributed by atoms with Crippen LogP contribution < -0.4 is 10.2 Å². The number of hydrogen-bond donors (Lipinski definition) is 1. The van der Waals surface area contributed by atoms with Crippen molar-refractivity contribution in [3.8, 4) is 0 Å². The zero-order valence-electron chi connectivity index (χ0n) is 16.5. The van der Waals surface area contributed by atoms with E-state index < -0.39 is 0 Å². The Morgan fingerprint density at radius 2 is 1.62 bits per heavy atom. The SMILES string of the molecule is Fc1ccc(CCNc2nccc(N3CCN(Cc4ccccc4)CC3)n2)cc1. The summed E-state index contributed by atoms with van der Waals surface area (Å²) in [5, 5.41) is 3.28. The molecule has 6 heteroatoms. The monoisotopic (exact) mass is 391 g/mol. The van der Waals surface area contributed by atoms with Crippen LogP contribution in [0.15, 0.2) is 66.9 Å². The van der Waals surface area contributed by atoms with Crippen LogP contribution in [0.1, 0.15) is 11.1 Å². The van der Waals surface area contributed by atoms with Crippen LogP contribution in [0, 0.1) is 5.82 Å². The standard InChI is InChI=1S/C23H26FN5/c24-21-8-6-19(7-9-21)10-12-25-23-26-13-11-22(27-23)29-16-14-28(15-17-29)18-20-4-2-1-3-5-20/h1-9,11,13H,10,12,14-18H2,(H,25,26,27). The number of rotatable bonds is 7. The molecule has 1 N–H and O–H groups in total. The summed E-state index contributed by atoms with van der Waals surface area (Å²) >= 11 is 0. The minimum atomic E-state index is -0.207. The second-order valence-corrected chi connectivity index (χ2v) is 7.29. The Kier molecular flexibility index (Phi) is 6.32. The molecule has 0 saturated carbocycles. The lowest BCUT2D eigenvalue weighted by atomic mass is 10.1. The summed E-state index contributed by atoms with van der Waals surface area (Å²) in [4.78, 5) is 13.8. The lowest BCUT2D eigenvalue weighted by Gasteiger charge is -2.35. The van der Waals surface area contributed by atoms with Crippen molar-refractivity contribution in [3.63, 3.8) is 0 Å². The highest BCUT2D eigenvalue weighted by molar-refractivity contribution is 5.43. The Hall–Kier alpha value is -2.99. The van der Waals surface area contributed by atoms with Gasteiger partial charge in [-0.15, -0.1) is 0 Å². The molecule has 0 atom stereocenters. The molecule has 3 aromatic rings. The van der Waals surface area contributed by atoms with Gasteiger partial charge in [0.15, 0.2) is 0 Å². The molecule has 0 aliphatic carbocycles. The van der Waals surface area contributed by atoms with Gasteiger partial charge < -0.3 is 10.2 Å². The van der Waals surface area contributed by atoms with Crippen molar-refractivity contribution in [2.45, 2.75) is 13.0 Å². The molecule has 2 heterocycles. The van der Waals surface area contributed by atoms with Crippen LogP contribution in [0.4, 0.5) is 16.2 Å². The first-order chi connectivity index (χ1) is 14.3. The van der Waals surface area contributed by atoms with Crippen LogP contribution in [0.5, 0.6) is 0 Å². The van der Waals surface area contributed by atoms with Crippen LogP contribution in [0.25, 0.3) is 0 Å². The quantitative estimate of drug-likeness (QED) is 0.667. The van der Waals surface area contributed by atoms with Crippen LogP contribution in [-0.2, 0) is 13.0 Å². The zero-order chi connectivity index (χ0) is 19.9. The van der Waals surface area contributed by atoms with E-state index in [-0.39, 0.29) is 5.82 Å². The van der Waals surface area contributed by atoms with Crippen molar-refractivity contribution >= 4 is 11.8 Å². The van der Waals surface area contributed by atoms with Crippen LogP contribution >= 0.6 is 0 Å². The highest BCUT2D eigenvalue weighted by Crippen LogP contribution is 2.16. The predicted octanol–water partition coefficient (Wildman–Crippen LogP) is 3.59. The number of aromatic nitrogens is 2. The van der Waals surface area contributed by atoms with Gasteiger partial charge in [-0.25, -0.2) is 9.37 Å². The average Bonchev–Trinajstić information content (AvgIpc) is 2.77. The van der Waals surface area contributed by atoms with Crippen molar-refractivity contribution in [1.82, 2.24) is 14.9 Å². The number of halogens is 1. The normalized spacial score (nSPS) is 14.7. The fourth-order valence-electron chi connectivity index (χ4n) is 3.56. The van der Waals surface area contributed by atoms with Gasteiger partial charge in [0.2, 0.25) is 5.95 Å². The Morgan fingerprint density at radius 3 is 2.38 bits per heavy atom. The van der Waals surface area contributed by atoms with Crippen LogP contribution in [0.2, 0.25) is 0 Å². The molecule has 2 aromatic carbocycles. The van der Waals surface area contributed by atoms with Gasteiger partial charge in [0.25, 0.3) is 0 Å². The van der Waals surface area contributed by atoms with E-state index in [9.17, 15) is 4.39 Å². The summed E-state index contributed by atoms with van der Waals surface area (Å²) in [6.45, 7) is 5.66. The third-order valence-electron chi connectivity index (χ3n) is 5.20. The molecule has 150 valence electrons. The summed E-state index contributed by atoms with van der Waals surface area (Å²) in [7, 11) is 0. The molecule has 1 fully saturated rings. The van der Waals surface area contributed by atoms with Crippen molar-refractivity contribution in [1.29, 1.82) is 0 Å². The lowest BCUT2D eigenvalue weighted by Crippen LogP contribution is -2.46. The van der Waals surface area contributed by atoms with E-state index in [1.165, 1.54) is 17.7 Å². The van der Waals surface area contributed by atoms with E-state index in [0.29, 0.717) is 12.5 Å². The Balaban J connectivity index is 1.27. The molecular formula is C23H26FN5. The Labute approximate surface area is 171 Å². The predicted molar refractivity (Wildman–Crippen MR) is 115 cm³/mol. The van der Waals surface area contributed by atoms with E-state index in [2.05, 4.69) is 55.4 Å². The van der Waals surface area contributed by atoms with E-state index in [0.717, 1.165) is 50.5 Å². The molecule has 0 radical (unpaired) electrons. The molecule has 0 bridgehead atoms. The van der Waals surface area contributed by atoms with Gasteiger partial charge in [0.05, 0.1) is 0 Å². The molecular weight excluding hydrogens is 365 g/mol. The van der Waals surface area contributed by atoms with E-state index in [1.54, 1.807) is 6.20 Å². The molecule has 0 spiro atoms. The second-order valence-electron chi connectivity index (χ2n) is 7.29. The van der Waals surface area contributed by atoms with Gasteiger partial charge in [-0.3, -0.25) is 4.90 Å². The van der Waals surface area contributed by atoms with E-state index in [1.807, 2.05) is 18.2 Å². The highest BCUT2D eigenvalue weighted by Gasteiger charge is 2.18. The smallest absolute Gasteiger partial charge is 0.224 e. The Bertz CT molecular complexity index is 893. The third kappa shape index (κ3) is 5.51. The third-order valence-corrected chi connectivity index (χ3v) is 5.20. The number of benzene rings is 2. The molecule has 4 rings (SSSR count). The lowest BCUT2D eigenvalue weighted by molar-refractivity contribution is 0.249. The number of nitrogens with zero attached hydrogens (tertiary/aromatic N) is 4. The van der Waals surface area contributed by atoms with Gasteiger partial charge in [0, 0.05) is 45.5 Å².